The minimum atomic E-state index is -0.963. The van der Waals surface area contributed by atoms with Crippen molar-refractivity contribution in [3.63, 3.8) is 0 Å². The van der Waals surface area contributed by atoms with Gasteiger partial charge in [-0.2, -0.15) is 0 Å². The Kier molecular flexibility index (Phi) is 2.25. The third kappa shape index (κ3) is 1.63. The van der Waals surface area contributed by atoms with Crippen molar-refractivity contribution in [1.82, 2.24) is 14.5 Å². The van der Waals surface area contributed by atoms with Crippen molar-refractivity contribution in [3.8, 4) is 0 Å². The van der Waals surface area contributed by atoms with Crippen molar-refractivity contribution >= 4 is 5.97 Å². The monoisotopic (exact) mass is 195 g/mol. The number of carboxylic acid groups (broad SMARTS) is 1. The van der Waals surface area contributed by atoms with E-state index in [2.05, 4.69) is 16.9 Å². The predicted molar refractivity (Wildman–Crippen MR) is 50.3 cm³/mol. The van der Waals surface area contributed by atoms with Crippen molar-refractivity contribution in [3.05, 3.63) is 18.2 Å². The number of nitrogens with zero attached hydrogens (tertiary/aromatic N) is 3. The summed E-state index contributed by atoms with van der Waals surface area (Å²) < 4.78 is 1.90. The summed E-state index contributed by atoms with van der Waals surface area (Å²) in [7, 11) is 2.06. The molecule has 2 rings (SSSR count). The lowest BCUT2D eigenvalue weighted by molar-refractivity contribution is 0.0691. The average Bonchev–Trinajstić information content (AvgIpc) is 2.70. The molecule has 0 bridgehead atoms. The number of hydrogen-bond acceptors (Lipinski definition) is 3. The highest BCUT2D eigenvalue weighted by Gasteiger charge is 2.21. The topological polar surface area (TPSA) is 58.4 Å². The molecule has 76 valence electrons. The molecule has 0 aromatic carbocycles. The molecular weight excluding hydrogens is 182 g/mol. The molecule has 1 fully saturated rings. The Labute approximate surface area is 82.0 Å². The van der Waals surface area contributed by atoms with E-state index in [4.69, 9.17) is 5.11 Å². The number of carbonyl (C=O) groups is 1. The van der Waals surface area contributed by atoms with Gasteiger partial charge in [-0.05, 0) is 20.0 Å². The summed E-state index contributed by atoms with van der Waals surface area (Å²) in [6.45, 7) is 2.03. The Hall–Kier alpha value is -1.36. The maximum absolute atomic E-state index is 10.6. The van der Waals surface area contributed by atoms with Crippen LogP contribution in [0, 0.1) is 0 Å². The summed E-state index contributed by atoms with van der Waals surface area (Å²) in [5, 5.41) is 8.71. The number of hydrogen-bond donors (Lipinski definition) is 1. The number of rotatable bonds is 2. The Balaban J connectivity index is 2.13. The van der Waals surface area contributed by atoms with Crippen LogP contribution in [0.2, 0.25) is 0 Å². The fourth-order valence-electron chi connectivity index (χ4n) is 1.80. The molecule has 1 unspecified atom stereocenters. The van der Waals surface area contributed by atoms with E-state index in [1.165, 1.54) is 0 Å². The second kappa shape index (κ2) is 3.42. The molecular formula is C9H13N3O2. The summed E-state index contributed by atoms with van der Waals surface area (Å²) in [5.74, 6) is -0.963. The average molecular weight is 195 g/mol. The molecule has 1 N–H and O–H groups in total. The standard InChI is InChI=1S/C9H13N3O2/c1-11-3-2-7(4-11)12-5-8(9(13)14)10-6-12/h5-7H,2-4H2,1H3,(H,13,14). The van der Waals surface area contributed by atoms with E-state index in [0.717, 1.165) is 19.5 Å². The molecule has 1 atom stereocenters. The van der Waals surface area contributed by atoms with Crippen molar-refractivity contribution in [2.24, 2.45) is 0 Å². The van der Waals surface area contributed by atoms with E-state index in [0.29, 0.717) is 6.04 Å². The fourth-order valence-corrected chi connectivity index (χ4v) is 1.80. The molecule has 1 saturated heterocycles. The zero-order chi connectivity index (χ0) is 10.1. The maximum atomic E-state index is 10.6. The van der Waals surface area contributed by atoms with Gasteiger partial charge in [0.2, 0.25) is 0 Å². The van der Waals surface area contributed by atoms with Gasteiger partial charge in [-0.25, -0.2) is 9.78 Å². The number of likely N-dealkylation sites (N-methyl/N-ethyl adjacent to an activating group) is 1. The van der Waals surface area contributed by atoms with E-state index in [-0.39, 0.29) is 5.69 Å². The lowest BCUT2D eigenvalue weighted by atomic mass is 10.2. The summed E-state index contributed by atoms with van der Waals surface area (Å²) in [6.07, 6.45) is 4.27. The zero-order valence-corrected chi connectivity index (χ0v) is 8.05. The van der Waals surface area contributed by atoms with Crippen LogP contribution in [-0.2, 0) is 0 Å². The van der Waals surface area contributed by atoms with E-state index in [9.17, 15) is 4.79 Å². The zero-order valence-electron chi connectivity index (χ0n) is 8.05. The van der Waals surface area contributed by atoms with Gasteiger partial charge in [0.1, 0.15) is 0 Å². The third-order valence-corrected chi connectivity index (χ3v) is 2.61. The minimum Gasteiger partial charge on any atom is -0.476 e. The first-order valence-corrected chi connectivity index (χ1v) is 4.62. The van der Waals surface area contributed by atoms with Crippen molar-refractivity contribution in [2.75, 3.05) is 20.1 Å². The van der Waals surface area contributed by atoms with Crippen LogP contribution in [0.15, 0.2) is 12.5 Å². The molecule has 1 aliphatic heterocycles. The van der Waals surface area contributed by atoms with Crippen LogP contribution in [-0.4, -0.2) is 45.7 Å². The molecule has 0 aliphatic carbocycles. The van der Waals surface area contributed by atoms with Gasteiger partial charge in [-0.1, -0.05) is 0 Å². The summed E-state index contributed by atoms with van der Waals surface area (Å²) in [5.41, 5.74) is 0.125. The number of aromatic nitrogens is 2. The van der Waals surface area contributed by atoms with Crippen molar-refractivity contribution < 1.29 is 9.90 Å². The Morgan fingerprint density at radius 3 is 3.00 bits per heavy atom. The van der Waals surface area contributed by atoms with Crippen LogP contribution in [0.1, 0.15) is 23.0 Å². The molecule has 2 heterocycles. The molecule has 1 aromatic rings. The van der Waals surface area contributed by atoms with Crippen molar-refractivity contribution in [1.29, 1.82) is 0 Å². The first kappa shape index (κ1) is 9.21. The van der Waals surface area contributed by atoms with Crippen LogP contribution in [0.5, 0.6) is 0 Å². The van der Waals surface area contributed by atoms with Crippen LogP contribution < -0.4 is 0 Å². The summed E-state index contributed by atoms with van der Waals surface area (Å²) in [6, 6.07) is 0.376. The third-order valence-electron chi connectivity index (χ3n) is 2.61. The smallest absolute Gasteiger partial charge is 0.356 e. The van der Waals surface area contributed by atoms with Gasteiger partial charge in [0.05, 0.1) is 6.33 Å². The molecule has 0 saturated carbocycles. The highest BCUT2D eigenvalue weighted by molar-refractivity contribution is 5.84. The Bertz CT molecular complexity index is 348. The van der Waals surface area contributed by atoms with Crippen LogP contribution in [0.4, 0.5) is 0 Å². The first-order chi connectivity index (χ1) is 6.66. The number of likely N-dealkylation sites (tertiary alicyclic amines) is 1. The molecule has 5 nitrogen and oxygen atoms in total. The lowest BCUT2D eigenvalue weighted by Gasteiger charge is -2.10. The van der Waals surface area contributed by atoms with Gasteiger partial charge >= 0.3 is 5.97 Å². The quantitative estimate of drug-likeness (QED) is 0.744. The van der Waals surface area contributed by atoms with Crippen LogP contribution >= 0.6 is 0 Å². The highest BCUT2D eigenvalue weighted by atomic mass is 16.4. The second-order valence-corrected chi connectivity index (χ2v) is 3.72. The first-order valence-electron chi connectivity index (χ1n) is 4.62. The van der Waals surface area contributed by atoms with Gasteiger partial charge in [0.15, 0.2) is 5.69 Å². The van der Waals surface area contributed by atoms with E-state index in [1.54, 1.807) is 12.5 Å². The molecule has 0 radical (unpaired) electrons. The van der Waals surface area contributed by atoms with Gasteiger partial charge in [-0.15, -0.1) is 0 Å². The summed E-state index contributed by atoms with van der Waals surface area (Å²) in [4.78, 5) is 16.7. The fraction of sp³-hybridized carbons (Fsp3) is 0.556. The number of aromatic carboxylic acids is 1. The van der Waals surface area contributed by atoms with Crippen molar-refractivity contribution in [2.45, 2.75) is 12.5 Å². The molecule has 14 heavy (non-hydrogen) atoms. The second-order valence-electron chi connectivity index (χ2n) is 3.72. The van der Waals surface area contributed by atoms with E-state index in [1.807, 2.05) is 4.57 Å². The van der Waals surface area contributed by atoms with E-state index >= 15 is 0 Å². The van der Waals surface area contributed by atoms with E-state index < -0.39 is 5.97 Å². The predicted octanol–water partition coefficient (Wildman–Crippen LogP) is 0.458. The molecule has 0 spiro atoms. The van der Waals surface area contributed by atoms with Gasteiger partial charge in [-0.3, -0.25) is 0 Å². The normalized spacial score (nSPS) is 22.8. The number of carboxylic acids is 1. The lowest BCUT2D eigenvalue weighted by Crippen LogP contribution is -2.15. The molecule has 1 aliphatic rings. The van der Waals surface area contributed by atoms with Gasteiger partial charge < -0.3 is 14.6 Å². The van der Waals surface area contributed by atoms with Crippen LogP contribution in [0.3, 0.4) is 0 Å². The van der Waals surface area contributed by atoms with Gasteiger partial charge in [0.25, 0.3) is 0 Å². The SMILES string of the molecule is CN1CCC(n2cnc(C(=O)O)c2)C1. The largest absolute Gasteiger partial charge is 0.476 e. The molecule has 5 heteroatoms. The minimum absolute atomic E-state index is 0.125. The highest BCUT2D eigenvalue weighted by Crippen LogP contribution is 2.19. The van der Waals surface area contributed by atoms with Crippen LogP contribution in [0.25, 0.3) is 0 Å². The molecule has 0 amide bonds. The Morgan fingerprint density at radius 1 is 1.71 bits per heavy atom. The Morgan fingerprint density at radius 2 is 2.50 bits per heavy atom. The summed E-state index contributed by atoms with van der Waals surface area (Å²) >= 11 is 0. The maximum Gasteiger partial charge on any atom is 0.356 e. The number of imidazole rings is 1. The molecule has 1 aromatic heterocycles. The van der Waals surface area contributed by atoms with Gasteiger partial charge in [0, 0.05) is 18.8 Å².